The van der Waals surface area contributed by atoms with E-state index >= 15 is 0 Å². The van der Waals surface area contributed by atoms with Gasteiger partial charge in [0, 0.05) is 29.8 Å². The summed E-state index contributed by atoms with van der Waals surface area (Å²) in [5, 5.41) is 5.61. The van der Waals surface area contributed by atoms with Crippen LogP contribution in [0.4, 0.5) is 5.69 Å². The molecule has 0 saturated carbocycles. The highest BCUT2D eigenvalue weighted by Gasteiger charge is 2.11. The van der Waals surface area contributed by atoms with E-state index in [4.69, 9.17) is 5.73 Å². The van der Waals surface area contributed by atoms with Crippen LogP contribution in [0, 0.1) is 5.92 Å². The molecule has 4 N–H and O–H groups in total. The summed E-state index contributed by atoms with van der Waals surface area (Å²) in [6.45, 7) is 4.01. The van der Waals surface area contributed by atoms with Crippen molar-refractivity contribution in [3.05, 3.63) is 65.7 Å². The Balaban J connectivity index is 0.00000312. The minimum atomic E-state index is -0.250. The van der Waals surface area contributed by atoms with Crippen LogP contribution in [0.3, 0.4) is 0 Å². The van der Waals surface area contributed by atoms with Crippen molar-refractivity contribution in [2.45, 2.75) is 19.9 Å². The zero-order valence-electron chi connectivity index (χ0n) is 14.4. The number of carbonyl (C=O) groups is 2. The lowest BCUT2D eigenvalue weighted by Gasteiger charge is -2.13. The Labute approximate surface area is 154 Å². The van der Waals surface area contributed by atoms with Gasteiger partial charge < -0.3 is 16.4 Å². The molecule has 0 aliphatic rings. The number of hydrogen-bond donors (Lipinski definition) is 3. The fourth-order valence-corrected chi connectivity index (χ4v) is 2.11. The lowest BCUT2D eigenvalue weighted by Crippen LogP contribution is -2.31. The predicted molar refractivity (Wildman–Crippen MR) is 103 cm³/mol. The van der Waals surface area contributed by atoms with Crippen molar-refractivity contribution in [2.75, 3.05) is 11.9 Å². The number of nitrogens with two attached hydrogens (primary N) is 1. The van der Waals surface area contributed by atoms with Crippen molar-refractivity contribution in [1.82, 2.24) is 5.32 Å². The number of hydrogen-bond acceptors (Lipinski definition) is 3. The maximum Gasteiger partial charge on any atom is 0.251 e. The first-order chi connectivity index (χ1) is 11.5. The SMILES string of the molecule is CC(C)C(=O)Nc1ccc(C(=O)NCC(N)c2ccccc2)cc1.Cl. The topological polar surface area (TPSA) is 84.2 Å². The molecular formula is C19H24ClN3O2. The maximum atomic E-state index is 12.2. The van der Waals surface area contributed by atoms with Gasteiger partial charge in [-0.05, 0) is 29.8 Å². The van der Waals surface area contributed by atoms with Gasteiger partial charge in [0.1, 0.15) is 0 Å². The van der Waals surface area contributed by atoms with Gasteiger partial charge in [-0.1, -0.05) is 44.2 Å². The second-order valence-electron chi connectivity index (χ2n) is 5.95. The molecular weight excluding hydrogens is 338 g/mol. The van der Waals surface area contributed by atoms with Crippen LogP contribution in [-0.4, -0.2) is 18.4 Å². The van der Waals surface area contributed by atoms with Gasteiger partial charge in [-0.15, -0.1) is 12.4 Å². The van der Waals surface area contributed by atoms with Gasteiger partial charge in [0.25, 0.3) is 5.91 Å². The summed E-state index contributed by atoms with van der Waals surface area (Å²) in [6, 6.07) is 16.2. The summed E-state index contributed by atoms with van der Waals surface area (Å²) in [4.78, 5) is 23.8. The van der Waals surface area contributed by atoms with Gasteiger partial charge in [-0.25, -0.2) is 0 Å². The minimum Gasteiger partial charge on any atom is -0.350 e. The quantitative estimate of drug-likeness (QED) is 0.739. The highest BCUT2D eigenvalue weighted by atomic mass is 35.5. The maximum absolute atomic E-state index is 12.2. The predicted octanol–water partition coefficient (Wildman–Crippen LogP) is 3.13. The summed E-state index contributed by atoms with van der Waals surface area (Å²) in [5.74, 6) is -0.336. The molecule has 0 saturated heterocycles. The molecule has 6 heteroatoms. The number of rotatable bonds is 6. The molecule has 0 heterocycles. The second-order valence-corrected chi connectivity index (χ2v) is 5.95. The van der Waals surface area contributed by atoms with Gasteiger partial charge in [-0.3, -0.25) is 9.59 Å². The minimum absolute atomic E-state index is 0. The third kappa shape index (κ3) is 6.21. The standard InChI is InChI=1S/C19H23N3O2.ClH/c1-13(2)18(23)22-16-10-8-15(9-11-16)19(24)21-12-17(20)14-6-4-3-5-7-14;/h3-11,13,17H,12,20H2,1-2H3,(H,21,24)(H,22,23);1H. The van der Waals surface area contributed by atoms with Gasteiger partial charge in [-0.2, -0.15) is 0 Å². The Morgan fingerprint density at radius 3 is 2.16 bits per heavy atom. The molecule has 134 valence electrons. The molecule has 1 atom stereocenters. The van der Waals surface area contributed by atoms with Crippen LogP contribution in [0.5, 0.6) is 0 Å². The van der Waals surface area contributed by atoms with Gasteiger partial charge >= 0.3 is 0 Å². The van der Waals surface area contributed by atoms with Crippen LogP contribution in [0.25, 0.3) is 0 Å². The monoisotopic (exact) mass is 361 g/mol. The molecule has 0 aliphatic carbocycles. The highest BCUT2D eigenvalue weighted by Crippen LogP contribution is 2.12. The Kier molecular flexibility index (Phi) is 8.11. The zero-order chi connectivity index (χ0) is 17.5. The molecule has 2 amide bonds. The summed E-state index contributed by atoms with van der Waals surface area (Å²) in [5.41, 5.74) is 8.24. The normalized spacial score (nSPS) is 11.4. The average molecular weight is 362 g/mol. The van der Waals surface area contributed by atoms with E-state index in [0.717, 1.165) is 5.56 Å². The van der Waals surface area contributed by atoms with Crippen LogP contribution in [-0.2, 0) is 4.79 Å². The van der Waals surface area contributed by atoms with E-state index in [1.807, 2.05) is 44.2 Å². The number of benzene rings is 2. The van der Waals surface area contributed by atoms with E-state index in [9.17, 15) is 9.59 Å². The van der Waals surface area contributed by atoms with E-state index < -0.39 is 0 Å². The molecule has 0 aliphatic heterocycles. The van der Waals surface area contributed by atoms with E-state index in [2.05, 4.69) is 10.6 Å². The molecule has 0 bridgehead atoms. The zero-order valence-corrected chi connectivity index (χ0v) is 15.2. The van der Waals surface area contributed by atoms with Crippen LogP contribution in [0.1, 0.15) is 35.8 Å². The third-order valence-electron chi connectivity index (χ3n) is 3.65. The van der Waals surface area contributed by atoms with Crippen LogP contribution < -0.4 is 16.4 Å². The van der Waals surface area contributed by atoms with Crippen LogP contribution in [0.2, 0.25) is 0 Å². The van der Waals surface area contributed by atoms with Crippen molar-refractivity contribution in [3.8, 4) is 0 Å². The van der Waals surface area contributed by atoms with Crippen molar-refractivity contribution in [1.29, 1.82) is 0 Å². The molecule has 1 unspecified atom stereocenters. The summed E-state index contributed by atoms with van der Waals surface area (Å²) >= 11 is 0. The molecule has 0 radical (unpaired) electrons. The molecule has 0 fully saturated rings. The van der Waals surface area contributed by atoms with Crippen molar-refractivity contribution in [3.63, 3.8) is 0 Å². The largest absolute Gasteiger partial charge is 0.350 e. The molecule has 25 heavy (non-hydrogen) atoms. The molecule has 2 aromatic rings. The number of carbonyl (C=O) groups excluding carboxylic acids is 2. The third-order valence-corrected chi connectivity index (χ3v) is 3.65. The summed E-state index contributed by atoms with van der Waals surface area (Å²) < 4.78 is 0. The average Bonchev–Trinajstić information content (AvgIpc) is 2.60. The number of halogens is 1. The van der Waals surface area contributed by atoms with E-state index in [1.165, 1.54) is 0 Å². The van der Waals surface area contributed by atoms with Crippen LogP contribution in [0.15, 0.2) is 54.6 Å². The smallest absolute Gasteiger partial charge is 0.251 e. The van der Waals surface area contributed by atoms with Gasteiger partial charge in [0.2, 0.25) is 5.91 Å². The highest BCUT2D eigenvalue weighted by molar-refractivity contribution is 5.96. The van der Waals surface area contributed by atoms with Gasteiger partial charge in [0.15, 0.2) is 0 Å². The molecule has 2 rings (SSSR count). The first-order valence-electron chi connectivity index (χ1n) is 7.97. The lowest BCUT2D eigenvalue weighted by atomic mass is 10.1. The van der Waals surface area contributed by atoms with E-state index in [1.54, 1.807) is 24.3 Å². The van der Waals surface area contributed by atoms with E-state index in [0.29, 0.717) is 17.8 Å². The fraction of sp³-hybridized carbons (Fsp3) is 0.263. The van der Waals surface area contributed by atoms with Crippen molar-refractivity contribution >= 4 is 29.9 Å². The van der Waals surface area contributed by atoms with Gasteiger partial charge in [0.05, 0.1) is 0 Å². The Hall–Kier alpha value is -2.37. The number of amides is 2. The Morgan fingerprint density at radius 2 is 1.60 bits per heavy atom. The first kappa shape index (κ1) is 20.7. The Morgan fingerprint density at radius 1 is 1.00 bits per heavy atom. The second kappa shape index (κ2) is 9.81. The van der Waals surface area contributed by atoms with Crippen molar-refractivity contribution in [2.24, 2.45) is 11.7 Å². The molecule has 0 spiro atoms. The molecule has 0 aromatic heterocycles. The number of nitrogens with one attached hydrogen (secondary N) is 2. The summed E-state index contributed by atoms with van der Waals surface area (Å²) in [7, 11) is 0. The first-order valence-corrected chi connectivity index (χ1v) is 7.97. The number of anilines is 1. The van der Waals surface area contributed by atoms with Crippen molar-refractivity contribution < 1.29 is 9.59 Å². The summed E-state index contributed by atoms with van der Waals surface area (Å²) in [6.07, 6.45) is 0. The Bertz CT molecular complexity index is 688. The lowest BCUT2D eigenvalue weighted by molar-refractivity contribution is -0.118. The van der Waals surface area contributed by atoms with Crippen LogP contribution >= 0.6 is 12.4 Å². The fourth-order valence-electron chi connectivity index (χ4n) is 2.11. The van der Waals surface area contributed by atoms with E-state index in [-0.39, 0.29) is 36.2 Å². The molecule has 2 aromatic carbocycles. The molecule has 5 nitrogen and oxygen atoms in total.